The van der Waals surface area contributed by atoms with Crippen LogP contribution in [0.5, 0.6) is 11.5 Å². The Hall–Kier alpha value is -5.97. The van der Waals surface area contributed by atoms with E-state index in [-0.39, 0.29) is 11.5 Å². The Morgan fingerprint density at radius 1 is 0.649 bits per heavy atom. The van der Waals surface area contributed by atoms with Crippen LogP contribution in [0.25, 0.3) is 21.8 Å². The number of halogens is 4. The van der Waals surface area contributed by atoms with E-state index in [4.69, 9.17) is 52.1 Å². The number of phenolic OH excluding ortho intramolecular Hbond substituents is 2. The molecule has 0 spiro atoms. The first kappa shape index (κ1) is 42.2. The number of nitrogens with zero attached hydrogens (tertiary/aromatic N) is 4. The Labute approximate surface area is 349 Å². The van der Waals surface area contributed by atoms with Crippen molar-refractivity contribution in [3.8, 4) is 11.5 Å². The van der Waals surface area contributed by atoms with Crippen LogP contribution in [0.15, 0.2) is 140 Å². The van der Waals surface area contributed by atoms with Crippen LogP contribution < -0.4 is 11.1 Å². The van der Waals surface area contributed by atoms with Gasteiger partial charge in [0.25, 0.3) is 0 Å². The van der Waals surface area contributed by atoms with E-state index in [0.29, 0.717) is 60.2 Å². The molecular weight excluding hydrogens is 802 g/mol. The second-order valence-corrected chi connectivity index (χ2v) is 14.1. The quantitative estimate of drug-likeness (QED) is 0.124. The van der Waals surface area contributed by atoms with Crippen molar-refractivity contribution >= 4 is 86.1 Å². The van der Waals surface area contributed by atoms with Crippen molar-refractivity contribution in [2.75, 3.05) is 11.1 Å². The van der Waals surface area contributed by atoms with Crippen molar-refractivity contribution in [1.29, 1.82) is 0 Å². The molecule has 1 atom stereocenters. The van der Waals surface area contributed by atoms with Gasteiger partial charge in [0.1, 0.15) is 34.2 Å². The largest absolute Gasteiger partial charge is 0.506 e. The number of nitrogens with one attached hydrogen (secondary N) is 1. The second-order valence-electron chi connectivity index (χ2n) is 12.4. The number of fused-ring (bicyclic) bond motifs is 2. The number of carbonyl (C=O) groups is 1. The molecule has 8 rings (SSSR count). The number of hydrogen-bond acceptors (Lipinski definition) is 9. The summed E-state index contributed by atoms with van der Waals surface area (Å²) < 4.78 is 0. The maximum absolute atomic E-state index is 11.0. The second kappa shape index (κ2) is 20.3. The number of aromatic hydroxyl groups is 2. The predicted molar refractivity (Wildman–Crippen MR) is 233 cm³/mol. The van der Waals surface area contributed by atoms with Gasteiger partial charge in [0.05, 0.1) is 11.1 Å². The lowest BCUT2D eigenvalue weighted by atomic mass is 9.96. The molecule has 0 aliphatic carbocycles. The van der Waals surface area contributed by atoms with Crippen molar-refractivity contribution < 1.29 is 15.0 Å². The molecule has 0 saturated carbocycles. The van der Waals surface area contributed by atoms with Gasteiger partial charge < -0.3 is 21.3 Å². The highest BCUT2D eigenvalue weighted by Gasteiger charge is 2.23. The molecule has 0 fully saturated rings. The zero-order valence-electron chi connectivity index (χ0n) is 30.6. The minimum atomic E-state index is -0.439. The van der Waals surface area contributed by atoms with Gasteiger partial charge in [-0.3, -0.25) is 14.8 Å². The lowest BCUT2D eigenvalue weighted by Crippen LogP contribution is -2.14. The first-order chi connectivity index (χ1) is 27.4. The molecule has 0 saturated heterocycles. The van der Waals surface area contributed by atoms with E-state index in [2.05, 4.69) is 25.3 Å². The Bertz CT molecular complexity index is 2610. The van der Waals surface area contributed by atoms with E-state index >= 15 is 0 Å². The summed E-state index contributed by atoms with van der Waals surface area (Å²) in [5, 5.41) is 27.5. The van der Waals surface area contributed by atoms with Crippen LogP contribution in [0.4, 0.5) is 11.6 Å². The number of rotatable bonds is 5. The number of pyridine rings is 4. The molecule has 4 aromatic carbocycles. The van der Waals surface area contributed by atoms with Gasteiger partial charge >= 0.3 is 0 Å². The lowest BCUT2D eigenvalue weighted by Gasteiger charge is -2.23. The van der Waals surface area contributed by atoms with Crippen LogP contribution >= 0.6 is 46.4 Å². The van der Waals surface area contributed by atoms with E-state index in [1.807, 2.05) is 86.6 Å². The van der Waals surface area contributed by atoms with Gasteiger partial charge in [-0.2, -0.15) is 0 Å². The predicted octanol–water partition coefficient (Wildman–Crippen LogP) is 11.9. The number of nitrogen functional groups attached to an aromatic ring is 1. The summed E-state index contributed by atoms with van der Waals surface area (Å²) in [4.78, 5) is 26.9. The maximum atomic E-state index is 11.0. The number of anilines is 2. The summed E-state index contributed by atoms with van der Waals surface area (Å²) in [6.07, 6.45) is 5.76. The normalized spacial score (nSPS) is 10.8. The number of aldehydes is 1. The van der Waals surface area contributed by atoms with Gasteiger partial charge in [0, 0.05) is 61.3 Å². The zero-order chi connectivity index (χ0) is 40.9. The van der Waals surface area contributed by atoms with Crippen LogP contribution in [0.1, 0.15) is 38.8 Å². The Morgan fingerprint density at radius 2 is 1.28 bits per heavy atom. The van der Waals surface area contributed by atoms with Crippen LogP contribution in [0, 0.1) is 13.8 Å². The maximum Gasteiger partial charge on any atom is 0.151 e. The molecule has 4 heterocycles. The minimum Gasteiger partial charge on any atom is -0.506 e. The van der Waals surface area contributed by atoms with E-state index < -0.39 is 6.04 Å². The van der Waals surface area contributed by atoms with Crippen LogP contribution in [-0.4, -0.2) is 36.4 Å². The third-order valence-corrected chi connectivity index (χ3v) is 9.31. The summed E-state index contributed by atoms with van der Waals surface area (Å²) in [5.74, 6) is 1.61. The topological polar surface area (TPSA) is 147 Å². The van der Waals surface area contributed by atoms with Crippen molar-refractivity contribution in [3.63, 3.8) is 0 Å². The van der Waals surface area contributed by atoms with E-state index in [9.17, 15) is 15.0 Å². The Kier molecular flexibility index (Phi) is 15.0. The molecule has 0 aliphatic heterocycles. The average Bonchev–Trinajstić information content (AvgIpc) is 3.19. The average molecular weight is 839 g/mol. The van der Waals surface area contributed by atoms with E-state index in [0.717, 1.165) is 27.6 Å². The molecule has 0 aliphatic rings. The fraction of sp³-hybridized carbons (Fsp3) is 0.0682. The molecule has 57 heavy (non-hydrogen) atoms. The van der Waals surface area contributed by atoms with Crippen LogP contribution in [0.3, 0.4) is 0 Å². The monoisotopic (exact) mass is 836 g/mol. The SMILES string of the molecule is Cc1cccc(N)n1.Cc1ccnc(NC(c2ccc(Cl)cc2Cl)c2ccc3cccnc3c2O)c1.O=Cc1ccc(Cl)cc1Cl.Oc1cccc2cccnc12. The molecule has 9 nitrogen and oxygen atoms in total. The van der Waals surface area contributed by atoms with Gasteiger partial charge in [-0.1, -0.05) is 94.9 Å². The number of hydrogen-bond donors (Lipinski definition) is 4. The molecule has 0 amide bonds. The number of phenols is 2. The summed E-state index contributed by atoms with van der Waals surface area (Å²) in [6, 6.07) is 35.7. The van der Waals surface area contributed by atoms with E-state index in [1.165, 1.54) is 6.07 Å². The zero-order valence-corrected chi connectivity index (χ0v) is 33.6. The fourth-order valence-corrected chi connectivity index (χ4v) is 6.42. The number of nitrogens with two attached hydrogens (primary N) is 1. The Balaban J connectivity index is 0.000000173. The first-order valence-electron chi connectivity index (χ1n) is 17.3. The fourth-order valence-electron chi connectivity index (χ4n) is 5.45. The smallest absolute Gasteiger partial charge is 0.151 e. The van der Waals surface area contributed by atoms with Crippen molar-refractivity contribution in [3.05, 3.63) is 188 Å². The number of carbonyl (C=O) groups excluding carboxylic acids is 1. The minimum absolute atomic E-state index is 0.106. The number of benzene rings is 4. The lowest BCUT2D eigenvalue weighted by molar-refractivity contribution is 0.112. The molecule has 1 unspecified atom stereocenters. The third kappa shape index (κ3) is 11.8. The molecule has 8 aromatic rings. The van der Waals surface area contributed by atoms with Gasteiger partial charge in [-0.15, -0.1) is 0 Å². The molecule has 288 valence electrons. The standard InChI is InChI=1S/C22H17Cl2N3O.C9H7NO.C7H4Cl2O.C6H8N2/c1-13-8-10-25-19(11-13)27-21(16-7-5-15(23)12-18(16)24)17-6-4-14-3-2-9-26-20(14)22(17)28;11-8-5-1-3-7-4-2-6-10-9(7)8;8-6-2-1-5(4-10)7(9)3-6;1-5-3-2-4-6(7)8-5/h2-12,21,28H,1H3,(H,25,27);1-6,11H;1-4H;2-4H,1H3,(H2,7,8). The highest BCUT2D eigenvalue weighted by atomic mass is 35.5. The van der Waals surface area contributed by atoms with E-state index in [1.54, 1.807) is 61.1 Å². The van der Waals surface area contributed by atoms with Crippen LogP contribution in [0.2, 0.25) is 20.1 Å². The van der Waals surface area contributed by atoms with Gasteiger partial charge in [-0.25, -0.2) is 9.97 Å². The molecule has 5 N–H and O–H groups in total. The summed E-state index contributed by atoms with van der Waals surface area (Å²) in [7, 11) is 0. The van der Waals surface area contributed by atoms with Crippen molar-refractivity contribution in [2.45, 2.75) is 19.9 Å². The molecular formula is C44H36Cl4N6O3. The summed E-state index contributed by atoms with van der Waals surface area (Å²) >= 11 is 23.8. The van der Waals surface area contributed by atoms with Crippen molar-refractivity contribution in [2.24, 2.45) is 0 Å². The number of para-hydroxylation sites is 1. The van der Waals surface area contributed by atoms with Gasteiger partial charge in [-0.05, 0) is 97.8 Å². The molecule has 13 heteroatoms. The number of aryl methyl sites for hydroxylation is 2. The van der Waals surface area contributed by atoms with Gasteiger partial charge in [0.2, 0.25) is 0 Å². The third-order valence-electron chi connectivity index (χ3n) is 8.18. The van der Waals surface area contributed by atoms with Gasteiger partial charge in [0.15, 0.2) is 6.29 Å². The first-order valence-corrected chi connectivity index (χ1v) is 18.8. The highest BCUT2D eigenvalue weighted by Crippen LogP contribution is 2.39. The summed E-state index contributed by atoms with van der Waals surface area (Å²) in [5.41, 5.74) is 10.5. The highest BCUT2D eigenvalue weighted by molar-refractivity contribution is 6.36. The molecule has 0 radical (unpaired) electrons. The number of aromatic nitrogens is 4. The van der Waals surface area contributed by atoms with Crippen LogP contribution in [-0.2, 0) is 0 Å². The van der Waals surface area contributed by atoms with Crippen molar-refractivity contribution in [1.82, 2.24) is 19.9 Å². The summed E-state index contributed by atoms with van der Waals surface area (Å²) in [6.45, 7) is 3.91. The molecule has 0 bridgehead atoms. The molecule has 4 aromatic heterocycles. The Morgan fingerprint density at radius 3 is 1.89 bits per heavy atom.